The summed E-state index contributed by atoms with van der Waals surface area (Å²) in [5.41, 5.74) is 9.42. The van der Waals surface area contributed by atoms with Crippen LogP contribution in [0.4, 0.5) is 11.4 Å². The summed E-state index contributed by atoms with van der Waals surface area (Å²) < 4.78 is 0. The molecule has 2 atom stereocenters. The van der Waals surface area contributed by atoms with Crippen LogP contribution in [0.2, 0.25) is 0 Å². The number of rotatable bonds is 1. The molecule has 1 heterocycles. The van der Waals surface area contributed by atoms with Crippen LogP contribution < -0.4 is 10.6 Å². The smallest absolute Gasteiger partial charge is 0.0602 e. The number of nitrogens with two attached hydrogens (primary N) is 1. The molecule has 0 spiro atoms. The highest BCUT2D eigenvalue weighted by molar-refractivity contribution is 5.68. The SMILES string of the molecule is Cc1ccc(N)c(N2CC(C)C(C)C2)c1. The maximum atomic E-state index is 6.02. The fourth-order valence-electron chi connectivity index (χ4n) is 2.25. The number of hydrogen-bond acceptors (Lipinski definition) is 2. The molecule has 1 aromatic carbocycles. The van der Waals surface area contributed by atoms with Crippen molar-refractivity contribution in [3.63, 3.8) is 0 Å². The molecule has 15 heavy (non-hydrogen) atoms. The minimum Gasteiger partial charge on any atom is -0.397 e. The molecule has 82 valence electrons. The molecule has 1 aliphatic heterocycles. The summed E-state index contributed by atoms with van der Waals surface area (Å²) in [6.07, 6.45) is 0. The van der Waals surface area contributed by atoms with E-state index in [1.807, 2.05) is 6.07 Å². The zero-order valence-electron chi connectivity index (χ0n) is 9.83. The van der Waals surface area contributed by atoms with Crippen LogP contribution in [-0.2, 0) is 0 Å². The predicted molar refractivity (Wildman–Crippen MR) is 66.1 cm³/mol. The second-order valence-corrected chi connectivity index (χ2v) is 4.92. The minimum atomic E-state index is 0.768. The van der Waals surface area contributed by atoms with Gasteiger partial charge in [0.05, 0.1) is 11.4 Å². The van der Waals surface area contributed by atoms with Gasteiger partial charge in [0.25, 0.3) is 0 Å². The molecule has 1 saturated heterocycles. The molecule has 2 heteroatoms. The van der Waals surface area contributed by atoms with E-state index < -0.39 is 0 Å². The van der Waals surface area contributed by atoms with Crippen LogP contribution in [0.3, 0.4) is 0 Å². The molecular weight excluding hydrogens is 184 g/mol. The third-order valence-electron chi connectivity index (χ3n) is 3.51. The van der Waals surface area contributed by atoms with E-state index in [9.17, 15) is 0 Å². The monoisotopic (exact) mass is 204 g/mol. The van der Waals surface area contributed by atoms with Crippen LogP contribution in [0.1, 0.15) is 19.4 Å². The van der Waals surface area contributed by atoms with Crippen molar-refractivity contribution in [2.45, 2.75) is 20.8 Å². The number of benzene rings is 1. The van der Waals surface area contributed by atoms with E-state index in [2.05, 4.69) is 37.8 Å². The third kappa shape index (κ3) is 1.94. The van der Waals surface area contributed by atoms with Crippen LogP contribution in [-0.4, -0.2) is 13.1 Å². The fourth-order valence-corrected chi connectivity index (χ4v) is 2.25. The van der Waals surface area contributed by atoms with Crippen molar-refractivity contribution >= 4 is 11.4 Å². The van der Waals surface area contributed by atoms with Gasteiger partial charge in [-0.2, -0.15) is 0 Å². The predicted octanol–water partition coefficient (Wildman–Crippen LogP) is 2.67. The molecule has 0 aliphatic carbocycles. The van der Waals surface area contributed by atoms with Crippen molar-refractivity contribution in [1.82, 2.24) is 0 Å². The van der Waals surface area contributed by atoms with Crippen molar-refractivity contribution in [1.29, 1.82) is 0 Å². The first-order valence-corrected chi connectivity index (χ1v) is 5.69. The lowest BCUT2D eigenvalue weighted by atomic mass is 10.0. The van der Waals surface area contributed by atoms with Gasteiger partial charge in [-0.1, -0.05) is 19.9 Å². The maximum absolute atomic E-state index is 6.02. The van der Waals surface area contributed by atoms with E-state index in [-0.39, 0.29) is 0 Å². The summed E-state index contributed by atoms with van der Waals surface area (Å²) in [6, 6.07) is 6.28. The van der Waals surface area contributed by atoms with Crippen LogP contribution in [0, 0.1) is 18.8 Å². The fraction of sp³-hybridized carbons (Fsp3) is 0.538. The molecule has 2 rings (SSSR count). The van der Waals surface area contributed by atoms with Crippen LogP contribution in [0.15, 0.2) is 18.2 Å². The third-order valence-corrected chi connectivity index (χ3v) is 3.51. The van der Waals surface area contributed by atoms with Crippen molar-refractivity contribution in [3.05, 3.63) is 23.8 Å². The first-order chi connectivity index (χ1) is 7.08. The van der Waals surface area contributed by atoms with Gasteiger partial charge in [0.2, 0.25) is 0 Å². The highest BCUT2D eigenvalue weighted by Gasteiger charge is 2.26. The molecule has 2 N–H and O–H groups in total. The molecule has 0 aromatic heterocycles. The molecule has 0 amide bonds. The molecule has 1 fully saturated rings. The minimum absolute atomic E-state index is 0.768. The Morgan fingerprint density at radius 2 is 1.80 bits per heavy atom. The largest absolute Gasteiger partial charge is 0.397 e. The Hall–Kier alpha value is -1.18. The number of anilines is 2. The van der Waals surface area contributed by atoms with E-state index in [0.717, 1.165) is 30.6 Å². The second-order valence-electron chi connectivity index (χ2n) is 4.92. The van der Waals surface area contributed by atoms with E-state index in [1.165, 1.54) is 11.3 Å². The Balaban J connectivity index is 2.27. The van der Waals surface area contributed by atoms with Gasteiger partial charge in [0.15, 0.2) is 0 Å². The summed E-state index contributed by atoms with van der Waals surface area (Å²) >= 11 is 0. The first kappa shape index (κ1) is 10.3. The van der Waals surface area contributed by atoms with E-state index in [1.54, 1.807) is 0 Å². The number of nitrogen functional groups attached to an aromatic ring is 1. The van der Waals surface area contributed by atoms with E-state index in [0.29, 0.717) is 0 Å². The molecular formula is C13H20N2. The number of hydrogen-bond donors (Lipinski definition) is 1. The number of nitrogens with zero attached hydrogens (tertiary/aromatic N) is 1. The zero-order valence-corrected chi connectivity index (χ0v) is 9.83. The zero-order chi connectivity index (χ0) is 11.0. The molecule has 2 nitrogen and oxygen atoms in total. The summed E-state index contributed by atoms with van der Waals surface area (Å²) in [6.45, 7) is 9.02. The summed E-state index contributed by atoms with van der Waals surface area (Å²) in [5.74, 6) is 1.54. The first-order valence-electron chi connectivity index (χ1n) is 5.69. The molecule has 0 bridgehead atoms. The average molecular weight is 204 g/mol. The Kier molecular flexibility index (Phi) is 2.59. The average Bonchev–Trinajstić information content (AvgIpc) is 2.51. The topological polar surface area (TPSA) is 29.3 Å². The summed E-state index contributed by atoms with van der Waals surface area (Å²) in [7, 11) is 0. The van der Waals surface area contributed by atoms with Crippen molar-refractivity contribution in [2.24, 2.45) is 11.8 Å². The molecule has 0 radical (unpaired) electrons. The van der Waals surface area contributed by atoms with Crippen molar-refractivity contribution in [2.75, 3.05) is 23.7 Å². The lowest BCUT2D eigenvalue weighted by molar-refractivity contribution is 0.494. The molecule has 1 aromatic rings. The summed E-state index contributed by atoms with van der Waals surface area (Å²) in [5, 5.41) is 0. The van der Waals surface area contributed by atoms with Gasteiger partial charge in [-0.25, -0.2) is 0 Å². The maximum Gasteiger partial charge on any atom is 0.0602 e. The highest BCUT2D eigenvalue weighted by atomic mass is 15.2. The normalized spacial score (nSPS) is 25.9. The van der Waals surface area contributed by atoms with Gasteiger partial charge in [-0.05, 0) is 36.5 Å². The van der Waals surface area contributed by atoms with Crippen LogP contribution >= 0.6 is 0 Å². The van der Waals surface area contributed by atoms with Crippen molar-refractivity contribution < 1.29 is 0 Å². The van der Waals surface area contributed by atoms with Gasteiger partial charge < -0.3 is 10.6 Å². The Bertz CT molecular complexity index is 350. The van der Waals surface area contributed by atoms with E-state index in [4.69, 9.17) is 5.73 Å². The molecule has 2 unspecified atom stereocenters. The highest BCUT2D eigenvalue weighted by Crippen LogP contribution is 2.31. The molecule has 0 saturated carbocycles. The lowest BCUT2D eigenvalue weighted by Gasteiger charge is -2.20. The van der Waals surface area contributed by atoms with Crippen molar-refractivity contribution in [3.8, 4) is 0 Å². The molecule has 1 aliphatic rings. The summed E-state index contributed by atoms with van der Waals surface area (Å²) in [4.78, 5) is 2.41. The van der Waals surface area contributed by atoms with Gasteiger partial charge in [-0.15, -0.1) is 0 Å². The van der Waals surface area contributed by atoms with Gasteiger partial charge >= 0.3 is 0 Å². The van der Waals surface area contributed by atoms with Gasteiger partial charge in [0.1, 0.15) is 0 Å². The quantitative estimate of drug-likeness (QED) is 0.713. The Morgan fingerprint density at radius 3 is 2.40 bits per heavy atom. The van der Waals surface area contributed by atoms with Gasteiger partial charge in [-0.3, -0.25) is 0 Å². The Morgan fingerprint density at radius 1 is 1.20 bits per heavy atom. The van der Waals surface area contributed by atoms with E-state index >= 15 is 0 Å². The number of aryl methyl sites for hydroxylation is 1. The van der Waals surface area contributed by atoms with Crippen LogP contribution in [0.5, 0.6) is 0 Å². The lowest BCUT2D eigenvalue weighted by Crippen LogP contribution is -2.20. The standard InChI is InChI=1S/C13H20N2/c1-9-4-5-12(14)13(6-9)15-7-10(2)11(3)8-15/h4-6,10-11H,7-8,14H2,1-3H3. The van der Waals surface area contributed by atoms with Gasteiger partial charge in [0, 0.05) is 13.1 Å². The van der Waals surface area contributed by atoms with Crippen LogP contribution in [0.25, 0.3) is 0 Å². The Labute approximate surface area is 92.1 Å². The second kappa shape index (κ2) is 3.76.